The Bertz CT molecular complexity index is 884. The molecule has 0 saturated heterocycles. The lowest BCUT2D eigenvalue weighted by Gasteiger charge is -2.09. The summed E-state index contributed by atoms with van der Waals surface area (Å²) in [6, 6.07) is 12.0. The number of hydrogen-bond donors (Lipinski definition) is 1. The van der Waals surface area contributed by atoms with Crippen molar-refractivity contribution >= 4 is 28.5 Å². The van der Waals surface area contributed by atoms with Crippen LogP contribution in [0.5, 0.6) is 0 Å². The second-order valence-corrected chi connectivity index (χ2v) is 5.94. The second-order valence-electron chi connectivity index (χ2n) is 5.51. The number of carboxylic acid groups (broad SMARTS) is 1. The van der Waals surface area contributed by atoms with E-state index in [-0.39, 0.29) is 12.2 Å². The maximum Gasteiger partial charge on any atom is 0.307 e. The molecule has 1 aromatic heterocycles. The monoisotopic (exact) mass is 331 g/mol. The summed E-state index contributed by atoms with van der Waals surface area (Å²) in [5, 5.41) is 10.4. The van der Waals surface area contributed by atoms with Crippen LogP contribution in [0.25, 0.3) is 10.9 Å². The van der Waals surface area contributed by atoms with Gasteiger partial charge in [0.05, 0.1) is 6.42 Å². The predicted molar refractivity (Wildman–Crippen MR) is 88.5 cm³/mol. The minimum absolute atomic E-state index is 0.126. The Hall–Kier alpha value is -2.33. The maximum absolute atomic E-state index is 13.6. The molecule has 0 atom stereocenters. The van der Waals surface area contributed by atoms with Crippen molar-refractivity contribution in [3.8, 4) is 0 Å². The summed E-state index contributed by atoms with van der Waals surface area (Å²) >= 11 is 5.91. The van der Waals surface area contributed by atoms with Gasteiger partial charge in [0, 0.05) is 28.2 Å². The Balaban J connectivity index is 2.14. The molecular weight excluding hydrogens is 317 g/mol. The molecule has 3 aromatic rings. The van der Waals surface area contributed by atoms with Crippen LogP contribution in [0.3, 0.4) is 0 Å². The van der Waals surface area contributed by atoms with Gasteiger partial charge in [-0.05, 0) is 48.4 Å². The van der Waals surface area contributed by atoms with Crippen molar-refractivity contribution < 1.29 is 14.3 Å². The highest BCUT2D eigenvalue weighted by Crippen LogP contribution is 2.28. The fourth-order valence-corrected chi connectivity index (χ4v) is 3.00. The van der Waals surface area contributed by atoms with E-state index >= 15 is 0 Å². The quantitative estimate of drug-likeness (QED) is 0.769. The van der Waals surface area contributed by atoms with Gasteiger partial charge in [-0.1, -0.05) is 23.7 Å². The first-order valence-electron chi connectivity index (χ1n) is 7.19. The molecule has 2 aromatic carbocycles. The smallest absolute Gasteiger partial charge is 0.307 e. The molecule has 3 rings (SSSR count). The Morgan fingerprint density at radius 3 is 2.57 bits per heavy atom. The van der Waals surface area contributed by atoms with Crippen LogP contribution in [0.2, 0.25) is 5.02 Å². The number of benzene rings is 2. The van der Waals surface area contributed by atoms with Gasteiger partial charge >= 0.3 is 5.97 Å². The molecule has 1 heterocycles. The van der Waals surface area contributed by atoms with Gasteiger partial charge in [-0.25, -0.2) is 4.39 Å². The number of carbonyl (C=O) groups is 1. The molecule has 0 fully saturated rings. The van der Waals surface area contributed by atoms with Gasteiger partial charge in [0.15, 0.2) is 0 Å². The van der Waals surface area contributed by atoms with Crippen LogP contribution < -0.4 is 0 Å². The molecule has 5 heteroatoms. The van der Waals surface area contributed by atoms with Crippen molar-refractivity contribution in [3.05, 3.63) is 70.1 Å². The molecule has 1 N–H and O–H groups in total. The topological polar surface area (TPSA) is 42.2 Å². The molecule has 0 aliphatic rings. The molecule has 0 unspecified atom stereocenters. The number of hydrogen-bond acceptors (Lipinski definition) is 1. The van der Waals surface area contributed by atoms with Gasteiger partial charge < -0.3 is 9.67 Å². The third-order valence-corrected chi connectivity index (χ3v) is 4.25. The zero-order valence-electron chi connectivity index (χ0n) is 12.5. The lowest BCUT2D eigenvalue weighted by Crippen LogP contribution is -2.05. The minimum atomic E-state index is -0.928. The lowest BCUT2D eigenvalue weighted by molar-refractivity contribution is -0.136. The summed E-state index contributed by atoms with van der Waals surface area (Å²) in [6.45, 7) is 2.44. The third kappa shape index (κ3) is 3.08. The van der Waals surface area contributed by atoms with E-state index in [4.69, 9.17) is 16.7 Å². The first-order valence-corrected chi connectivity index (χ1v) is 7.57. The van der Waals surface area contributed by atoms with Gasteiger partial charge in [-0.2, -0.15) is 0 Å². The maximum atomic E-state index is 13.6. The summed E-state index contributed by atoms with van der Waals surface area (Å²) in [5.41, 5.74) is 3.36. The zero-order valence-corrected chi connectivity index (χ0v) is 13.3. The highest BCUT2D eigenvalue weighted by atomic mass is 35.5. The Morgan fingerprint density at radius 1 is 1.22 bits per heavy atom. The fraction of sp³-hybridized carbons (Fsp3) is 0.167. The Kier molecular flexibility index (Phi) is 4.09. The average Bonchev–Trinajstić information content (AvgIpc) is 2.74. The van der Waals surface area contributed by atoms with E-state index in [1.807, 2.05) is 35.8 Å². The van der Waals surface area contributed by atoms with Crippen LogP contribution >= 0.6 is 11.6 Å². The van der Waals surface area contributed by atoms with E-state index in [1.54, 1.807) is 6.07 Å². The third-order valence-electron chi connectivity index (χ3n) is 4.00. The van der Waals surface area contributed by atoms with Crippen molar-refractivity contribution in [2.75, 3.05) is 0 Å². The van der Waals surface area contributed by atoms with Gasteiger partial charge in [-0.15, -0.1) is 0 Å². The van der Waals surface area contributed by atoms with Gasteiger partial charge in [-0.3, -0.25) is 4.79 Å². The van der Waals surface area contributed by atoms with Crippen LogP contribution in [-0.2, 0) is 17.8 Å². The fourth-order valence-electron chi connectivity index (χ4n) is 2.87. The van der Waals surface area contributed by atoms with Crippen molar-refractivity contribution in [2.24, 2.45) is 0 Å². The number of nitrogens with zero attached hydrogens (tertiary/aromatic N) is 1. The highest BCUT2D eigenvalue weighted by molar-refractivity contribution is 6.30. The van der Waals surface area contributed by atoms with Crippen molar-refractivity contribution in [2.45, 2.75) is 19.9 Å². The van der Waals surface area contributed by atoms with Crippen molar-refractivity contribution in [1.82, 2.24) is 4.57 Å². The van der Waals surface area contributed by atoms with Gasteiger partial charge in [0.1, 0.15) is 5.82 Å². The second kappa shape index (κ2) is 6.05. The van der Waals surface area contributed by atoms with Crippen LogP contribution in [0.15, 0.2) is 42.5 Å². The molecule has 0 bridgehead atoms. The largest absolute Gasteiger partial charge is 0.481 e. The molecule has 0 aliphatic carbocycles. The van der Waals surface area contributed by atoms with E-state index in [2.05, 4.69) is 0 Å². The summed E-state index contributed by atoms with van der Waals surface area (Å²) in [7, 11) is 0. The number of carboxylic acids is 1. The number of fused-ring (bicyclic) bond motifs is 1. The Labute approximate surface area is 137 Å². The number of aliphatic carboxylic acids is 1. The van der Waals surface area contributed by atoms with Crippen molar-refractivity contribution in [1.29, 1.82) is 0 Å². The first kappa shape index (κ1) is 15.6. The van der Waals surface area contributed by atoms with Gasteiger partial charge in [0.2, 0.25) is 0 Å². The van der Waals surface area contributed by atoms with Crippen LogP contribution in [-0.4, -0.2) is 15.6 Å². The zero-order chi connectivity index (χ0) is 16.6. The minimum Gasteiger partial charge on any atom is -0.481 e. The van der Waals surface area contributed by atoms with E-state index < -0.39 is 5.97 Å². The van der Waals surface area contributed by atoms with Crippen LogP contribution in [0, 0.1) is 12.7 Å². The normalized spacial score (nSPS) is 11.1. The molecular formula is C18H15ClFNO2. The summed E-state index contributed by atoms with van der Waals surface area (Å²) in [4.78, 5) is 11.1. The highest BCUT2D eigenvalue weighted by Gasteiger charge is 2.17. The molecule has 3 nitrogen and oxygen atoms in total. The molecule has 23 heavy (non-hydrogen) atoms. The van der Waals surface area contributed by atoms with Crippen LogP contribution in [0.4, 0.5) is 4.39 Å². The van der Waals surface area contributed by atoms with E-state index in [0.29, 0.717) is 22.5 Å². The van der Waals surface area contributed by atoms with E-state index in [0.717, 1.165) is 16.8 Å². The summed E-state index contributed by atoms with van der Waals surface area (Å²) < 4.78 is 15.6. The molecule has 0 amide bonds. The van der Waals surface area contributed by atoms with Crippen molar-refractivity contribution in [3.63, 3.8) is 0 Å². The van der Waals surface area contributed by atoms with Crippen LogP contribution in [0.1, 0.15) is 16.8 Å². The lowest BCUT2D eigenvalue weighted by atomic mass is 10.1. The SMILES string of the molecule is Cc1c(CC(=O)O)c2cc(F)ccc2n1Cc1ccc(Cl)cc1. The number of halogens is 2. The molecule has 0 aliphatic heterocycles. The molecule has 0 spiro atoms. The first-order chi connectivity index (χ1) is 11.0. The van der Waals surface area contributed by atoms with Gasteiger partial charge in [0.25, 0.3) is 0 Å². The number of rotatable bonds is 4. The molecule has 0 radical (unpaired) electrons. The summed E-state index contributed by atoms with van der Waals surface area (Å²) in [6.07, 6.45) is -0.126. The van der Waals surface area contributed by atoms with E-state index in [9.17, 15) is 9.18 Å². The Morgan fingerprint density at radius 2 is 1.91 bits per heavy atom. The predicted octanol–water partition coefficient (Wildman–Crippen LogP) is 4.42. The molecule has 0 saturated carbocycles. The standard InChI is InChI=1S/C18H15ClFNO2/c1-11-15(9-18(22)23)16-8-14(20)6-7-17(16)21(11)10-12-2-4-13(19)5-3-12/h2-8H,9-10H2,1H3,(H,22,23). The average molecular weight is 332 g/mol. The summed E-state index contributed by atoms with van der Waals surface area (Å²) in [5.74, 6) is -1.30. The number of aromatic nitrogens is 1. The molecule has 118 valence electrons. The van der Waals surface area contributed by atoms with E-state index in [1.165, 1.54) is 12.1 Å².